The molecule has 3 rings (SSSR count). The number of anilines is 2. The molecule has 0 unspecified atom stereocenters. The number of halogens is 2. The smallest absolute Gasteiger partial charge is 0.219 e. The molecule has 0 aliphatic carbocycles. The minimum atomic E-state index is 0.438. The number of hydrogen-bond acceptors (Lipinski definition) is 2. The second-order valence-electron chi connectivity index (χ2n) is 6.31. The standard InChI is InChI=1S/C20H19Cl2N3O/c1-13(2)14-6-8-15(9-7-14)25(12-26)20-11-23-19(24-20)10-16-17(21)4-3-5-18(16)22/h3-9,11-13H,10H2,1-2H3,(H,23,24). The van der Waals surface area contributed by atoms with Crippen LogP contribution in [0.15, 0.2) is 48.7 Å². The van der Waals surface area contributed by atoms with Crippen LogP contribution in [0.5, 0.6) is 0 Å². The minimum absolute atomic E-state index is 0.438. The van der Waals surface area contributed by atoms with Gasteiger partial charge in [-0.3, -0.25) is 9.69 Å². The van der Waals surface area contributed by atoms with Gasteiger partial charge in [-0.05, 0) is 41.3 Å². The van der Waals surface area contributed by atoms with E-state index in [4.69, 9.17) is 23.2 Å². The predicted molar refractivity (Wildman–Crippen MR) is 107 cm³/mol. The van der Waals surface area contributed by atoms with Gasteiger partial charge in [0.2, 0.25) is 6.41 Å². The van der Waals surface area contributed by atoms with Crippen molar-refractivity contribution in [3.05, 3.63) is 75.7 Å². The molecule has 134 valence electrons. The maximum absolute atomic E-state index is 11.6. The van der Waals surface area contributed by atoms with Crippen LogP contribution < -0.4 is 4.90 Å². The highest BCUT2D eigenvalue weighted by molar-refractivity contribution is 6.36. The molecule has 0 saturated carbocycles. The molecule has 1 aromatic heterocycles. The molecule has 2 aromatic carbocycles. The van der Waals surface area contributed by atoms with Crippen LogP contribution in [0.3, 0.4) is 0 Å². The lowest BCUT2D eigenvalue weighted by Crippen LogP contribution is -2.14. The zero-order valence-corrected chi connectivity index (χ0v) is 16.1. The number of rotatable bonds is 6. The SMILES string of the molecule is CC(C)c1ccc(N(C=O)c2cnc(Cc3c(Cl)cccc3Cl)[nH]2)cc1. The van der Waals surface area contributed by atoms with E-state index in [0.717, 1.165) is 17.7 Å². The second-order valence-corrected chi connectivity index (χ2v) is 7.13. The number of hydrogen-bond donors (Lipinski definition) is 1. The lowest BCUT2D eigenvalue weighted by molar-refractivity contribution is -0.106. The minimum Gasteiger partial charge on any atom is -0.328 e. The third-order valence-electron chi connectivity index (χ3n) is 4.22. The van der Waals surface area contributed by atoms with Gasteiger partial charge in [-0.1, -0.05) is 55.2 Å². The zero-order chi connectivity index (χ0) is 18.7. The average molecular weight is 388 g/mol. The summed E-state index contributed by atoms with van der Waals surface area (Å²) >= 11 is 12.4. The molecular weight excluding hydrogens is 369 g/mol. The van der Waals surface area contributed by atoms with Gasteiger partial charge in [0.15, 0.2) is 0 Å². The van der Waals surface area contributed by atoms with Gasteiger partial charge in [0.1, 0.15) is 11.6 Å². The molecular formula is C20H19Cl2N3O. The van der Waals surface area contributed by atoms with E-state index in [-0.39, 0.29) is 0 Å². The van der Waals surface area contributed by atoms with Crippen molar-refractivity contribution in [3.63, 3.8) is 0 Å². The van der Waals surface area contributed by atoms with Crippen molar-refractivity contribution in [2.45, 2.75) is 26.2 Å². The Morgan fingerprint density at radius 3 is 2.35 bits per heavy atom. The van der Waals surface area contributed by atoms with Crippen LogP contribution in [0.25, 0.3) is 0 Å². The summed E-state index contributed by atoms with van der Waals surface area (Å²) in [5.41, 5.74) is 2.80. The zero-order valence-electron chi connectivity index (χ0n) is 14.5. The normalized spacial score (nSPS) is 11.0. The third-order valence-corrected chi connectivity index (χ3v) is 4.93. The van der Waals surface area contributed by atoms with Crippen LogP contribution in [0.1, 0.15) is 36.7 Å². The molecule has 4 nitrogen and oxygen atoms in total. The molecule has 26 heavy (non-hydrogen) atoms. The van der Waals surface area contributed by atoms with Crippen molar-refractivity contribution < 1.29 is 4.79 Å². The summed E-state index contributed by atoms with van der Waals surface area (Å²) in [6.07, 6.45) is 2.85. The van der Waals surface area contributed by atoms with E-state index in [1.54, 1.807) is 24.4 Å². The fourth-order valence-electron chi connectivity index (χ4n) is 2.71. The number of imidazole rings is 1. The van der Waals surface area contributed by atoms with E-state index in [1.807, 2.05) is 24.3 Å². The molecule has 0 saturated heterocycles. The molecule has 0 aliphatic heterocycles. The van der Waals surface area contributed by atoms with Crippen molar-refractivity contribution >= 4 is 41.1 Å². The molecule has 0 fully saturated rings. The third kappa shape index (κ3) is 3.92. The van der Waals surface area contributed by atoms with Gasteiger partial charge in [-0.15, -0.1) is 0 Å². The summed E-state index contributed by atoms with van der Waals surface area (Å²) in [6, 6.07) is 13.3. The van der Waals surface area contributed by atoms with Crippen molar-refractivity contribution in [1.82, 2.24) is 9.97 Å². The molecule has 0 atom stereocenters. The first-order valence-electron chi connectivity index (χ1n) is 8.31. The number of carbonyl (C=O) groups excluding carboxylic acids is 1. The van der Waals surface area contributed by atoms with Crippen LogP contribution in [-0.4, -0.2) is 16.4 Å². The number of amides is 1. The number of nitrogens with zero attached hydrogens (tertiary/aromatic N) is 2. The Hall–Kier alpha value is -2.30. The molecule has 0 aliphatic rings. The second kappa shape index (κ2) is 7.94. The van der Waals surface area contributed by atoms with Gasteiger partial charge in [-0.2, -0.15) is 0 Å². The van der Waals surface area contributed by atoms with E-state index in [0.29, 0.717) is 34.0 Å². The number of aromatic nitrogens is 2. The highest BCUT2D eigenvalue weighted by Crippen LogP contribution is 2.28. The summed E-state index contributed by atoms with van der Waals surface area (Å²) in [5, 5.41) is 1.18. The van der Waals surface area contributed by atoms with Crippen LogP contribution in [-0.2, 0) is 11.2 Å². The lowest BCUT2D eigenvalue weighted by atomic mass is 10.0. The molecule has 0 radical (unpaired) electrons. The molecule has 1 N–H and O–H groups in total. The van der Waals surface area contributed by atoms with Crippen LogP contribution in [0.2, 0.25) is 10.0 Å². The Bertz CT molecular complexity index is 883. The van der Waals surface area contributed by atoms with E-state index >= 15 is 0 Å². The van der Waals surface area contributed by atoms with Crippen molar-refractivity contribution in [2.24, 2.45) is 0 Å². The van der Waals surface area contributed by atoms with Gasteiger partial charge >= 0.3 is 0 Å². The molecule has 0 bridgehead atoms. The first kappa shape index (κ1) is 18.5. The predicted octanol–water partition coefficient (Wildman–Crippen LogP) is 5.73. The summed E-state index contributed by atoms with van der Waals surface area (Å²) in [5.74, 6) is 1.71. The Morgan fingerprint density at radius 2 is 1.77 bits per heavy atom. The van der Waals surface area contributed by atoms with Crippen LogP contribution >= 0.6 is 23.2 Å². The van der Waals surface area contributed by atoms with E-state index < -0.39 is 0 Å². The van der Waals surface area contributed by atoms with Crippen molar-refractivity contribution in [2.75, 3.05) is 4.90 Å². The quantitative estimate of drug-likeness (QED) is 0.549. The Labute approximate surface area is 162 Å². The number of H-pyrrole nitrogens is 1. The summed E-state index contributed by atoms with van der Waals surface area (Å²) < 4.78 is 0. The number of carbonyl (C=O) groups is 1. The fraction of sp³-hybridized carbons (Fsp3) is 0.200. The van der Waals surface area contributed by atoms with Crippen molar-refractivity contribution in [3.8, 4) is 0 Å². The molecule has 1 heterocycles. The van der Waals surface area contributed by atoms with Gasteiger partial charge in [0.05, 0.1) is 11.9 Å². The summed E-state index contributed by atoms with van der Waals surface area (Å²) in [4.78, 5) is 20.7. The van der Waals surface area contributed by atoms with Gasteiger partial charge in [-0.25, -0.2) is 4.98 Å². The summed E-state index contributed by atoms with van der Waals surface area (Å²) in [6.45, 7) is 4.26. The van der Waals surface area contributed by atoms with Gasteiger partial charge in [0, 0.05) is 16.5 Å². The molecule has 0 spiro atoms. The first-order valence-corrected chi connectivity index (χ1v) is 9.06. The van der Waals surface area contributed by atoms with E-state index in [2.05, 4.69) is 23.8 Å². The monoisotopic (exact) mass is 387 g/mol. The lowest BCUT2D eigenvalue weighted by Gasteiger charge is -2.16. The summed E-state index contributed by atoms with van der Waals surface area (Å²) in [7, 11) is 0. The van der Waals surface area contributed by atoms with Crippen LogP contribution in [0.4, 0.5) is 11.5 Å². The Morgan fingerprint density at radius 1 is 1.12 bits per heavy atom. The molecule has 6 heteroatoms. The topological polar surface area (TPSA) is 49.0 Å². The largest absolute Gasteiger partial charge is 0.328 e. The molecule has 3 aromatic rings. The average Bonchev–Trinajstić information content (AvgIpc) is 3.08. The Kier molecular flexibility index (Phi) is 5.64. The van der Waals surface area contributed by atoms with Gasteiger partial charge < -0.3 is 4.98 Å². The Balaban J connectivity index is 1.84. The highest BCUT2D eigenvalue weighted by atomic mass is 35.5. The highest BCUT2D eigenvalue weighted by Gasteiger charge is 2.14. The number of nitrogens with one attached hydrogen (secondary N) is 1. The number of aromatic amines is 1. The molecule has 1 amide bonds. The number of benzene rings is 2. The maximum atomic E-state index is 11.6. The fourth-order valence-corrected chi connectivity index (χ4v) is 3.24. The van der Waals surface area contributed by atoms with Gasteiger partial charge in [0.25, 0.3) is 0 Å². The van der Waals surface area contributed by atoms with Crippen LogP contribution in [0, 0.1) is 0 Å². The maximum Gasteiger partial charge on any atom is 0.219 e. The van der Waals surface area contributed by atoms with Crippen molar-refractivity contribution in [1.29, 1.82) is 0 Å². The van der Waals surface area contributed by atoms with E-state index in [1.165, 1.54) is 10.5 Å². The first-order chi connectivity index (χ1) is 12.5. The van der Waals surface area contributed by atoms with E-state index in [9.17, 15) is 4.79 Å².